The molecule has 2 heterocycles. The number of carbonyl (C=O) groups is 1. The summed E-state index contributed by atoms with van der Waals surface area (Å²) in [6.07, 6.45) is 3.21. The fourth-order valence-electron chi connectivity index (χ4n) is 2.95. The van der Waals surface area contributed by atoms with E-state index in [1.807, 2.05) is 11.5 Å². The van der Waals surface area contributed by atoms with Gasteiger partial charge in [-0.1, -0.05) is 35.3 Å². The van der Waals surface area contributed by atoms with Gasteiger partial charge in [0.25, 0.3) is 0 Å². The summed E-state index contributed by atoms with van der Waals surface area (Å²) in [6, 6.07) is 12.1. The summed E-state index contributed by atoms with van der Waals surface area (Å²) in [5, 5.41) is 8.65. The van der Waals surface area contributed by atoms with Gasteiger partial charge in [-0.15, -0.1) is 0 Å². The largest absolute Gasteiger partial charge is 0.294 e. The van der Waals surface area contributed by atoms with E-state index in [1.54, 1.807) is 54.9 Å². The molecule has 0 amide bonds. The van der Waals surface area contributed by atoms with E-state index in [-0.39, 0.29) is 5.78 Å². The lowest BCUT2D eigenvalue weighted by atomic mass is 10.0. The van der Waals surface area contributed by atoms with Crippen molar-refractivity contribution in [3.63, 3.8) is 0 Å². The number of benzene rings is 2. The molecule has 2 aromatic heterocycles. The Kier molecular flexibility index (Phi) is 4.18. The van der Waals surface area contributed by atoms with Crippen LogP contribution in [0.5, 0.6) is 0 Å². The monoisotopic (exact) mass is 382 g/mol. The Hall–Kier alpha value is -2.76. The number of ketones is 1. The average molecular weight is 383 g/mol. The number of aromatic nitrogens is 4. The second-order valence-electron chi connectivity index (χ2n) is 5.72. The van der Waals surface area contributed by atoms with E-state index >= 15 is 0 Å². The maximum absolute atomic E-state index is 13.2. The van der Waals surface area contributed by atoms with Gasteiger partial charge in [0.1, 0.15) is 11.3 Å². The molecular weight excluding hydrogens is 371 g/mol. The lowest BCUT2D eigenvalue weighted by Crippen LogP contribution is -2.09. The Balaban J connectivity index is 1.98. The molecule has 0 saturated heterocycles. The fourth-order valence-corrected chi connectivity index (χ4v) is 3.34. The van der Waals surface area contributed by atoms with Gasteiger partial charge >= 0.3 is 0 Å². The van der Waals surface area contributed by atoms with E-state index in [1.165, 1.54) is 0 Å². The minimum absolute atomic E-state index is 0.212. The third-order valence-corrected chi connectivity index (χ3v) is 4.66. The topological polar surface area (TPSA) is 60.7 Å². The van der Waals surface area contributed by atoms with Gasteiger partial charge in [0, 0.05) is 16.1 Å². The first kappa shape index (κ1) is 16.7. The molecule has 26 heavy (non-hydrogen) atoms. The van der Waals surface area contributed by atoms with Crippen LogP contribution in [0.2, 0.25) is 10.0 Å². The predicted octanol–water partition coefficient (Wildman–Crippen LogP) is 4.66. The molecule has 0 saturated carbocycles. The van der Waals surface area contributed by atoms with E-state index in [0.29, 0.717) is 38.2 Å². The van der Waals surface area contributed by atoms with Crippen LogP contribution in [-0.2, 0) is 0 Å². The molecule has 4 aromatic rings. The minimum atomic E-state index is -0.212. The van der Waals surface area contributed by atoms with Crippen LogP contribution in [0.1, 0.15) is 21.7 Å². The second kappa shape index (κ2) is 6.52. The summed E-state index contributed by atoms with van der Waals surface area (Å²) in [4.78, 5) is 17.7. The highest BCUT2D eigenvalue weighted by Gasteiger charge is 2.20. The summed E-state index contributed by atoms with van der Waals surface area (Å²) < 4.78 is 1.87. The first-order chi connectivity index (χ1) is 12.6. The summed E-state index contributed by atoms with van der Waals surface area (Å²) in [6.45, 7) is 1.86. The molecule has 0 aliphatic rings. The van der Waals surface area contributed by atoms with E-state index in [0.717, 1.165) is 5.52 Å². The third kappa shape index (κ3) is 2.75. The van der Waals surface area contributed by atoms with Crippen molar-refractivity contribution in [3.8, 4) is 5.69 Å². The molecular formula is C19H12Cl2N4O. The SMILES string of the molecule is Cc1nc2cnncc2n1-c1ccc(Cl)cc1C(=O)c1ccccc1Cl. The number of rotatable bonds is 3. The molecule has 0 unspecified atom stereocenters. The van der Waals surface area contributed by atoms with E-state index in [2.05, 4.69) is 15.2 Å². The van der Waals surface area contributed by atoms with Crippen molar-refractivity contribution < 1.29 is 4.79 Å². The van der Waals surface area contributed by atoms with Crippen molar-refractivity contribution in [2.75, 3.05) is 0 Å². The van der Waals surface area contributed by atoms with Crippen LogP contribution in [0.3, 0.4) is 0 Å². The number of nitrogens with zero attached hydrogens (tertiary/aromatic N) is 4. The van der Waals surface area contributed by atoms with Crippen LogP contribution in [-0.4, -0.2) is 25.5 Å². The van der Waals surface area contributed by atoms with Crippen LogP contribution in [0.4, 0.5) is 0 Å². The first-order valence-electron chi connectivity index (χ1n) is 7.81. The van der Waals surface area contributed by atoms with Crippen molar-refractivity contribution in [1.29, 1.82) is 0 Å². The summed E-state index contributed by atoms with van der Waals surface area (Å²) >= 11 is 12.4. The number of imidazole rings is 1. The fraction of sp³-hybridized carbons (Fsp3) is 0.0526. The van der Waals surface area contributed by atoms with Gasteiger partial charge in [0.05, 0.1) is 28.6 Å². The molecule has 5 nitrogen and oxygen atoms in total. The quantitative estimate of drug-likeness (QED) is 0.483. The number of hydrogen-bond donors (Lipinski definition) is 0. The molecule has 4 rings (SSSR count). The highest BCUT2D eigenvalue weighted by atomic mass is 35.5. The predicted molar refractivity (Wildman–Crippen MR) is 101 cm³/mol. The summed E-state index contributed by atoms with van der Waals surface area (Å²) in [7, 11) is 0. The van der Waals surface area contributed by atoms with Crippen LogP contribution in [0, 0.1) is 6.92 Å². The molecule has 128 valence electrons. The molecule has 0 N–H and O–H groups in total. The number of aryl methyl sites for hydroxylation is 1. The average Bonchev–Trinajstić information content (AvgIpc) is 2.97. The van der Waals surface area contributed by atoms with Gasteiger partial charge in [-0.2, -0.15) is 10.2 Å². The van der Waals surface area contributed by atoms with E-state index < -0.39 is 0 Å². The molecule has 0 spiro atoms. The molecule has 0 fully saturated rings. The van der Waals surface area contributed by atoms with Gasteiger partial charge in [0.2, 0.25) is 0 Å². The third-order valence-electron chi connectivity index (χ3n) is 4.10. The smallest absolute Gasteiger partial charge is 0.196 e. The number of halogens is 2. The maximum atomic E-state index is 13.2. The van der Waals surface area contributed by atoms with Crippen LogP contribution < -0.4 is 0 Å². The van der Waals surface area contributed by atoms with Gasteiger partial charge in [-0.25, -0.2) is 4.98 Å². The molecule has 7 heteroatoms. The number of hydrogen-bond acceptors (Lipinski definition) is 4. The van der Waals surface area contributed by atoms with Crippen LogP contribution in [0.25, 0.3) is 16.7 Å². The summed E-state index contributed by atoms with van der Waals surface area (Å²) in [5.41, 5.74) is 2.97. The van der Waals surface area contributed by atoms with Crippen LogP contribution in [0.15, 0.2) is 54.9 Å². The lowest BCUT2D eigenvalue weighted by Gasteiger charge is -2.13. The van der Waals surface area contributed by atoms with E-state index in [9.17, 15) is 4.79 Å². The zero-order valence-corrected chi connectivity index (χ0v) is 15.2. The molecule has 0 aliphatic heterocycles. The lowest BCUT2D eigenvalue weighted by molar-refractivity contribution is 0.103. The Morgan fingerprint density at radius 1 is 1.00 bits per heavy atom. The second-order valence-corrected chi connectivity index (χ2v) is 6.57. The molecule has 0 atom stereocenters. The Morgan fingerprint density at radius 2 is 1.77 bits per heavy atom. The number of carbonyl (C=O) groups excluding carboxylic acids is 1. The van der Waals surface area contributed by atoms with Crippen molar-refractivity contribution in [2.45, 2.75) is 6.92 Å². The van der Waals surface area contributed by atoms with Crippen molar-refractivity contribution >= 4 is 40.0 Å². The zero-order valence-electron chi connectivity index (χ0n) is 13.6. The minimum Gasteiger partial charge on any atom is -0.294 e. The Morgan fingerprint density at radius 3 is 2.58 bits per heavy atom. The molecule has 0 aliphatic carbocycles. The van der Waals surface area contributed by atoms with Crippen molar-refractivity contribution in [3.05, 3.63) is 81.9 Å². The van der Waals surface area contributed by atoms with Crippen molar-refractivity contribution in [1.82, 2.24) is 19.7 Å². The van der Waals surface area contributed by atoms with Crippen molar-refractivity contribution in [2.24, 2.45) is 0 Å². The maximum Gasteiger partial charge on any atom is 0.196 e. The Bertz CT molecular complexity index is 1150. The normalized spacial score (nSPS) is 11.0. The highest BCUT2D eigenvalue weighted by molar-refractivity contribution is 6.35. The van der Waals surface area contributed by atoms with Gasteiger partial charge in [0.15, 0.2) is 5.78 Å². The van der Waals surface area contributed by atoms with Crippen LogP contribution >= 0.6 is 23.2 Å². The molecule has 0 bridgehead atoms. The highest BCUT2D eigenvalue weighted by Crippen LogP contribution is 2.28. The van der Waals surface area contributed by atoms with E-state index in [4.69, 9.17) is 23.2 Å². The molecule has 2 aromatic carbocycles. The molecule has 0 radical (unpaired) electrons. The van der Waals surface area contributed by atoms with Gasteiger partial charge < -0.3 is 0 Å². The summed E-state index contributed by atoms with van der Waals surface area (Å²) in [5.74, 6) is 0.502. The van der Waals surface area contributed by atoms with Gasteiger partial charge in [-0.05, 0) is 37.3 Å². The standard InChI is InChI=1S/C19H12Cl2N4O/c1-11-24-16-9-22-23-10-18(16)25(11)17-7-6-12(20)8-14(17)19(26)13-4-2-3-5-15(13)21/h2-10H,1H3. The van der Waals surface area contributed by atoms with Gasteiger partial charge in [-0.3, -0.25) is 9.36 Å². The Labute approximate surface area is 159 Å². The zero-order chi connectivity index (χ0) is 18.3. The first-order valence-corrected chi connectivity index (χ1v) is 8.57. The number of fused-ring (bicyclic) bond motifs is 1.